The average Bonchev–Trinajstić information content (AvgIpc) is 3.32. The molecule has 1 aromatic rings. The van der Waals surface area contributed by atoms with Gasteiger partial charge in [0.1, 0.15) is 0 Å². The molecule has 0 spiro atoms. The molecule has 0 aliphatic heterocycles. The molecular formula is C17H27BrN4O2S. The van der Waals surface area contributed by atoms with Crippen LogP contribution in [-0.2, 0) is 15.4 Å². The van der Waals surface area contributed by atoms with Gasteiger partial charge in [-0.25, -0.2) is 13.1 Å². The van der Waals surface area contributed by atoms with Crippen LogP contribution in [0.5, 0.6) is 0 Å². The smallest absolute Gasteiger partial charge is 0.208 e. The second-order valence-corrected chi connectivity index (χ2v) is 9.09. The molecule has 0 amide bonds. The number of guanidine groups is 1. The van der Waals surface area contributed by atoms with Crippen LogP contribution in [0, 0.1) is 0 Å². The van der Waals surface area contributed by atoms with Crippen molar-refractivity contribution in [2.24, 2.45) is 4.99 Å². The zero-order chi connectivity index (χ0) is 18.3. The van der Waals surface area contributed by atoms with Gasteiger partial charge in [0.2, 0.25) is 10.0 Å². The normalized spacial score (nSPS) is 16.5. The molecule has 0 aromatic heterocycles. The largest absolute Gasteiger partial charge is 0.357 e. The molecule has 8 heteroatoms. The first kappa shape index (κ1) is 20.2. The number of sulfonamides is 1. The number of nitrogens with zero attached hydrogens (tertiary/aromatic N) is 1. The van der Waals surface area contributed by atoms with Crippen molar-refractivity contribution in [3.05, 3.63) is 34.3 Å². The Bertz CT molecular complexity index is 702. The molecule has 3 N–H and O–H groups in total. The maximum Gasteiger partial charge on any atom is 0.208 e. The zero-order valence-corrected chi connectivity index (χ0v) is 17.2. The van der Waals surface area contributed by atoms with Crippen molar-refractivity contribution in [1.82, 2.24) is 15.4 Å². The van der Waals surface area contributed by atoms with E-state index in [1.807, 2.05) is 13.0 Å². The standard InChI is InChI=1S/C17H27BrN4O2S/c1-3-19-16(20-11-6-12-22-25(2,23)24)21-13-17(9-10-17)14-7-4-5-8-15(14)18/h4-5,7-8,22H,3,6,9-13H2,1-2H3,(H2,19,20,21). The van der Waals surface area contributed by atoms with Gasteiger partial charge in [0.05, 0.1) is 12.8 Å². The highest BCUT2D eigenvalue weighted by atomic mass is 79.9. The molecule has 0 saturated heterocycles. The van der Waals surface area contributed by atoms with Gasteiger partial charge in [0.15, 0.2) is 5.96 Å². The van der Waals surface area contributed by atoms with Gasteiger partial charge in [0, 0.05) is 29.5 Å². The number of benzene rings is 1. The van der Waals surface area contributed by atoms with E-state index in [2.05, 4.69) is 49.5 Å². The van der Waals surface area contributed by atoms with E-state index in [1.165, 1.54) is 11.8 Å². The summed E-state index contributed by atoms with van der Waals surface area (Å²) in [6, 6.07) is 8.35. The van der Waals surface area contributed by atoms with Gasteiger partial charge in [-0.2, -0.15) is 0 Å². The van der Waals surface area contributed by atoms with Crippen LogP contribution in [0.1, 0.15) is 31.7 Å². The van der Waals surface area contributed by atoms with Gasteiger partial charge in [-0.1, -0.05) is 34.1 Å². The summed E-state index contributed by atoms with van der Waals surface area (Å²) in [4.78, 5) is 4.75. The van der Waals surface area contributed by atoms with Crippen molar-refractivity contribution < 1.29 is 8.42 Å². The third-order valence-electron chi connectivity index (χ3n) is 4.19. The van der Waals surface area contributed by atoms with Crippen LogP contribution in [0.4, 0.5) is 0 Å². The molecule has 1 aliphatic rings. The molecule has 0 atom stereocenters. The molecule has 1 aromatic carbocycles. The SMILES string of the molecule is CCNC(=NCC1(c2ccccc2Br)CC1)NCCCNS(C)(=O)=O. The van der Waals surface area contributed by atoms with Gasteiger partial charge < -0.3 is 10.6 Å². The van der Waals surface area contributed by atoms with Crippen LogP contribution >= 0.6 is 15.9 Å². The third kappa shape index (κ3) is 6.60. The fraction of sp³-hybridized carbons (Fsp3) is 0.588. The Morgan fingerprint density at radius 2 is 1.96 bits per heavy atom. The number of hydrogen-bond donors (Lipinski definition) is 3. The van der Waals surface area contributed by atoms with Gasteiger partial charge in [-0.3, -0.25) is 4.99 Å². The van der Waals surface area contributed by atoms with E-state index in [9.17, 15) is 8.42 Å². The Balaban J connectivity index is 1.88. The first-order chi connectivity index (χ1) is 11.9. The minimum absolute atomic E-state index is 0.139. The summed E-state index contributed by atoms with van der Waals surface area (Å²) in [5, 5.41) is 6.51. The number of rotatable bonds is 9. The third-order valence-corrected chi connectivity index (χ3v) is 5.61. The van der Waals surface area contributed by atoms with Crippen molar-refractivity contribution in [2.45, 2.75) is 31.6 Å². The summed E-state index contributed by atoms with van der Waals surface area (Å²) < 4.78 is 25.7. The molecule has 0 heterocycles. The highest BCUT2D eigenvalue weighted by Gasteiger charge is 2.45. The zero-order valence-electron chi connectivity index (χ0n) is 14.8. The Kier molecular flexibility index (Phi) is 7.27. The quantitative estimate of drug-likeness (QED) is 0.317. The molecule has 0 bridgehead atoms. The second kappa shape index (κ2) is 9.00. The van der Waals surface area contributed by atoms with Gasteiger partial charge in [-0.05, 0) is 37.8 Å². The van der Waals surface area contributed by atoms with E-state index < -0.39 is 10.0 Å². The maximum atomic E-state index is 11.0. The monoisotopic (exact) mass is 430 g/mol. The Morgan fingerprint density at radius 3 is 2.56 bits per heavy atom. The molecule has 6 nitrogen and oxygen atoms in total. The van der Waals surface area contributed by atoms with Crippen LogP contribution in [0.2, 0.25) is 0 Å². The van der Waals surface area contributed by atoms with Crippen molar-refractivity contribution in [1.29, 1.82) is 0 Å². The van der Waals surface area contributed by atoms with Crippen LogP contribution in [-0.4, -0.2) is 46.8 Å². The first-order valence-corrected chi connectivity index (χ1v) is 11.3. The molecule has 1 fully saturated rings. The van der Waals surface area contributed by atoms with Gasteiger partial charge >= 0.3 is 0 Å². The van der Waals surface area contributed by atoms with Gasteiger partial charge in [-0.15, -0.1) is 0 Å². The Labute approximate surface area is 159 Å². The molecule has 25 heavy (non-hydrogen) atoms. The van der Waals surface area contributed by atoms with E-state index in [-0.39, 0.29) is 5.41 Å². The first-order valence-electron chi connectivity index (χ1n) is 8.58. The van der Waals surface area contributed by atoms with Crippen molar-refractivity contribution in [3.8, 4) is 0 Å². The van der Waals surface area contributed by atoms with E-state index >= 15 is 0 Å². The molecule has 140 valence electrons. The summed E-state index contributed by atoms with van der Waals surface area (Å²) in [6.45, 7) is 4.65. The van der Waals surface area contributed by atoms with Crippen LogP contribution in [0.15, 0.2) is 33.7 Å². The van der Waals surface area contributed by atoms with Crippen LogP contribution < -0.4 is 15.4 Å². The predicted molar refractivity (Wildman–Crippen MR) is 106 cm³/mol. The minimum Gasteiger partial charge on any atom is -0.357 e. The van der Waals surface area contributed by atoms with E-state index in [4.69, 9.17) is 4.99 Å². The summed E-state index contributed by atoms with van der Waals surface area (Å²) in [5.41, 5.74) is 1.47. The van der Waals surface area contributed by atoms with Crippen molar-refractivity contribution in [2.75, 3.05) is 32.4 Å². The van der Waals surface area contributed by atoms with Gasteiger partial charge in [0.25, 0.3) is 0 Å². The fourth-order valence-electron chi connectivity index (χ4n) is 2.68. The Morgan fingerprint density at radius 1 is 1.24 bits per heavy atom. The molecule has 0 unspecified atom stereocenters. The minimum atomic E-state index is -3.12. The number of halogens is 1. The van der Waals surface area contributed by atoms with E-state index in [0.717, 1.165) is 36.4 Å². The van der Waals surface area contributed by atoms with Crippen LogP contribution in [0.3, 0.4) is 0 Å². The highest BCUT2D eigenvalue weighted by Crippen LogP contribution is 2.50. The predicted octanol–water partition coefficient (Wildman–Crippen LogP) is 1.98. The molecule has 1 saturated carbocycles. The number of aliphatic imine (C=N–C) groups is 1. The lowest BCUT2D eigenvalue weighted by Gasteiger charge is -2.17. The van der Waals surface area contributed by atoms with E-state index in [0.29, 0.717) is 19.5 Å². The second-order valence-electron chi connectivity index (χ2n) is 6.40. The van der Waals surface area contributed by atoms with Crippen molar-refractivity contribution in [3.63, 3.8) is 0 Å². The number of nitrogens with one attached hydrogen (secondary N) is 3. The average molecular weight is 431 g/mol. The summed E-state index contributed by atoms with van der Waals surface area (Å²) in [6.07, 6.45) is 4.17. The summed E-state index contributed by atoms with van der Waals surface area (Å²) in [5.74, 6) is 0.778. The van der Waals surface area contributed by atoms with Crippen LogP contribution in [0.25, 0.3) is 0 Å². The summed E-state index contributed by atoms with van der Waals surface area (Å²) >= 11 is 3.65. The lowest BCUT2D eigenvalue weighted by molar-refractivity contribution is 0.584. The Hall–Kier alpha value is -1.12. The molecule has 0 radical (unpaired) electrons. The lowest BCUT2D eigenvalue weighted by atomic mass is 9.96. The highest BCUT2D eigenvalue weighted by molar-refractivity contribution is 9.10. The topological polar surface area (TPSA) is 82.6 Å². The lowest BCUT2D eigenvalue weighted by Crippen LogP contribution is -2.39. The molecular weight excluding hydrogens is 404 g/mol. The summed E-state index contributed by atoms with van der Waals surface area (Å²) in [7, 11) is -3.12. The maximum absolute atomic E-state index is 11.0. The fourth-order valence-corrected chi connectivity index (χ4v) is 3.90. The van der Waals surface area contributed by atoms with E-state index in [1.54, 1.807) is 0 Å². The molecule has 1 aliphatic carbocycles. The molecule has 2 rings (SSSR count). The number of hydrogen-bond acceptors (Lipinski definition) is 3. The van der Waals surface area contributed by atoms with Crippen molar-refractivity contribution >= 4 is 31.9 Å².